The predicted molar refractivity (Wildman–Crippen MR) is 99.3 cm³/mol. The molecule has 0 saturated carbocycles. The molecule has 0 N–H and O–H groups in total. The number of benzene rings is 1. The maximum Gasteiger partial charge on any atom is 0.414 e. The van der Waals surface area contributed by atoms with Crippen molar-refractivity contribution in [1.29, 1.82) is 0 Å². The molecule has 0 aromatic heterocycles. The lowest BCUT2D eigenvalue weighted by molar-refractivity contribution is 0.177. The number of cyclic esters (lactones) is 1. The number of ether oxygens (including phenoxy) is 2. The predicted octanol–water partition coefficient (Wildman–Crippen LogP) is 3.92. The van der Waals surface area contributed by atoms with Crippen molar-refractivity contribution in [3.8, 4) is 5.75 Å². The molecule has 2 atom stereocenters. The number of carbonyl (C=O) groups is 1. The summed E-state index contributed by atoms with van der Waals surface area (Å²) < 4.78 is 11.1. The molecule has 1 amide bonds. The number of nitrogens with zero attached hydrogens (tertiary/aromatic N) is 2. The number of hydrogen-bond donors (Lipinski definition) is 0. The van der Waals surface area contributed by atoms with Crippen molar-refractivity contribution in [3.63, 3.8) is 0 Å². The molecule has 0 aliphatic carbocycles. The number of hydrogen-bond acceptors (Lipinski definition) is 4. The summed E-state index contributed by atoms with van der Waals surface area (Å²) in [7, 11) is 0. The third-order valence-electron chi connectivity index (χ3n) is 5.34. The fraction of sp³-hybridized carbons (Fsp3) is 0.650. The van der Waals surface area contributed by atoms with Gasteiger partial charge < -0.3 is 14.4 Å². The van der Waals surface area contributed by atoms with Gasteiger partial charge in [-0.25, -0.2) is 4.79 Å². The van der Waals surface area contributed by atoms with Gasteiger partial charge in [0.25, 0.3) is 0 Å². The summed E-state index contributed by atoms with van der Waals surface area (Å²) in [6, 6.07) is 8.59. The summed E-state index contributed by atoms with van der Waals surface area (Å²) in [5.41, 5.74) is 0.874. The van der Waals surface area contributed by atoms with Crippen LogP contribution >= 0.6 is 0 Å². The molecule has 5 heteroatoms. The highest BCUT2D eigenvalue weighted by Crippen LogP contribution is 2.28. The molecule has 1 unspecified atom stereocenters. The minimum absolute atomic E-state index is 0.0988. The molecule has 25 heavy (non-hydrogen) atoms. The van der Waals surface area contributed by atoms with Gasteiger partial charge in [0.15, 0.2) is 0 Å². The van der Waals surface area contributed by atoms with Gasteiger partial charge in [0.1, 0.15) is 12.4 Å². The molecule has 2 saturated heterocycles. The lowest BCUT2D eigenvalue weighted by atomic mass is 10.0. The van der Waals surface area contributed by atoms with Gasteiger partial charge in [-0.3, -0.25) is 4.90 Å². The first-order chi connectivity index (χ1) is 12.1. The molecule has 2 heterocycles. The molecule has 3 rings (SSSR count). The summed E-state index contributed by atoms with van der Waals surface area (Å²) in [6.45, 7) is 10.0. The van der Waals surface area contributed by atoms with Crippen LogP contribution < -0.4 is 9.64 Å². The van der Waals surface area contributed by atoms with Crippen LogP contribution in [0.3, 0.4) is 0 Å². The minimum Gasteiger partial charge on any atom is -0.494 e. The molecular formula is C20H30N2O3. The molecular weight excluding hydrogens is 316 g/mol. The molecule has 1 aromatic rings. The van der Waals surface area contributed by atoms with Crippen LogP contribution in [0.5, 0.6) is 5.75 Å². The number of likely N-dealkylation sites (tertiary alicyclic amines) is 1. The van der Waals surface area contributed by atoms with E-state index in [1.54, 1.807) is 4.90 Å². The van der Waals surface area contributed by atoms with Crippen LogP contribution in [0.1, 0.15) is 40.0 Å². The summed E-state index contributed by atoms with van der Waals surface area (Å²) in [5.74, 6) is 1.21. The number of carbonyl (C=O) groups excluding carboxylic acids is 1. The van der Waals surface area contributed by atoms with E-state index in [1.807, 2.05) is 24.3 Å². The molecule has 0 spiro atoms. The summed E-state index contributed by atoms with van der Waals surface area (Å²) in [4.78, 5) is 16.3. The third-order valence-corrected chi connectivity index (χ3v) is 5.34. The second-order valence-electron chi connectivity index (χ2n) is 7.48. The highest BCUT2D eigenvalue weighted by atomic mass is 16.6. The monoisotopic (exact) mass is 346 g/mol. The summed E-state index contributed by atoms with van der Waals surface area (Å²) in [5, 5.41) is 0. The van der Waals surface area contributed by atoms with Crippen molar-refractivity contribution in [2.24, 2.45) is 5.92 Å². The van der Waals surface area contributed by atoms with Crippen LogP contribution in [0.15, 0.2) is 24.3 Å². The van der Waals surface area contributed by atoms with Crippen LogP contribution in [0, 0.1) is 5.92 Å². The normalized spacial score (nSPS) is 24.2. The van der Waals surface area contributed by atoms with Crippen molar-refractivity contribution in [1.82, 2.24) is 4.90 Å². The van der Waals surface area contributed by atoms with E-state index in [0.717, 1.165) is 31.0 Å². The van der Waals surface area contributed by atoms with Gasteiger partial charge in [0.2, 0.25) is 0 Å². The number of rotatable bonds is 7. The Morgan fingerprint density at radius 2 is 2.04 bits per heavy atom. The van der Waals surface area contributed by atoms with Crippen LogP contribution in [-0.4, -0.2) is 49.4 Å². The Kier molecular flexibility index (Phi) is 5.84. The Morgan fingerprint density at radius 1 is 1.28 bits per heavy atom. The Morgan fingerprint density at radius 3 is 2.68 bits per heavy atom. The lowest BCUT2D eigenvalue weighted by Crippen LogP contribution is -2.37. The van der Waals surface area contributed by atoms with Crippen LogP contribution in [0.4, 0.5) is 10.5 Å². The molecule has 2 aliphatic rings. The van der Waals surface area contributed by atoms with Gasteiger partial charge in [-0.15, -0.1) is 0 Å². The second-order valence-corrected chi connectivity index (χ2v) is 7.48. The maximum atomic E-state index is 12.0. The zero-order valence-electron chi connectivity index (χ0n) is 15.6. The van der Waals surface area contributed by atoms with Gasteiger partial charge in [0, 0.05) is 18.3 Å². The van der Waals surface area contributed by atoms with Gasteiger partial charge in [0.05, 0.1) is 12.6 Å². The summed E-state index contributed by atoms with van der Waals surface area (Å²) >= 11 is 0. The van der Waals surface area contributed by atoms with E-state index in [1.165, 1.54) is 19.4 Å². The molecule has 2 fully saturated rings. The molecule has 138 valence electrons. The lowest BCUT2D eigenvalue weighted by Gasteiger charge is -2.24. The van der Waals surface area contributed by atoms with Crippen LogP contribution in [-0.2, 0) is 4.74 Å². The van der Waals surface area contributed by atoms with E-state index in [0.29, 0.717) is 18.6 Å². The van der Waals surface area contributed by atoms with Crippen molar-refractivity contribution in [2.45, 2.75) is 52.1 Å². The van der Waals surface area contributed by atoms with Crippen molar-refractivity contribution >= 4 is 11.8 Å². The first-order valence-electron chi connectivity index (χ1n) is 9.49. The van der Waals surface area contributed by atoms with E-state index >= 15 is 0 Å². The molecule has 2 aliphatic heterocycles. The standard InChI is InChI=1S/C20H30N2O3/c1-15(2)19-14-25-20(23)22(19)17-7-9-18(10-8-17)24-13-5-12-21-11-4-6-16(21)3/h7-10,15-16,19H,4-6,11-14H2,1-3H3/t16?,19-/m0/s1. The van der Waals surface area contributed by atoms with E-state index < -0.39 is 0 Å². The smallest absolute Gasteiger partial charge is 0.414 e. The third kappa shape index (κ3) is 4.27. The van der Waals surface area contributed by atoms with Gasteiger partial charge in [-0.05, 0) is 62.9 Å². The SMILES string of the molecule is CC(C)[C@@H]1COC(=O)N1c1ccc(OCCCN2CCCC2C)cc1. The van der Waals surface area contributed by atoms with Crippen LogP contribution in [0.2, 0.25) is 0 Å². The van der Waals surface area contributed by atoms with E-state index in [2.05, 4.69) is 25.7 Å². The minimum atomic E-state index is -0.257. The zero-order valence-corrected chi connectivity index (χ0v) is 15.6. The second kappa shape index (κ2) is 8.09. The Hall–Kier alpha value is -1.75. The van der Waals surface area contributed by atoms with E-state index in [4.69, 9.17) is 9.47 Å². The van der Waals surface area contributed by atoms with Gasteiger partial charge in [-0.1, -0.05) is 13.8 Å². The van der Waals surface area contributed by atoms with Crippen molar-refractivity contribution in [3.05, 3.63) is 24.3 Å². The van der Waals surface area contributed by atoms with Crippen molar-refractivity contribution in [2.75, 3.05) is 31.2 Å². The number of anilines is 1. The first-order valence-corrected chi connectivity index (χ1v) is 9.49. The molecule has 0 radical (unpaired) electrons. The molecule has 5 nitrogen and oxygen atoms in total. The zero-order chi connectivity index (χ0) is 17.8. The largest absolute Gasteiger partial charge is 0.494 e. The quantitative estimate of drug-likeness (QED) is 0.702. The molecule has 1 aromatic carbocycles. The fourth-order valence-corrected chi connectivity index (χ4v) is 3.71. The highest BCUT2D eigenvalue weighted by molar-refractivity contribution is 5.90. The number of amides is 1. The Bertz CT molecular complexity index is 573. The highest BCUT2D eigenvalue weighted by Gasteiger charge is 2.36. The van der Waals surface area contributed by atoms with Crippen LogP contribution in [0.25, 0.3) is 0 Å². The summed E-state index contributed by atoms with van der Waals surface area (Å²) in [6.07, 6.45) is 3.42. The first kappa shape index (κ1) is 18.1. The van der Waals surface area contributed by atoms with Gasteiger partial charge >= 0.3 is 6.09 Å². The van der Waals surface area contributed by atoms with E-state index in [-0.39, 0.29) is 12.1 Å². The van der Waals surface area contributed by atoms with E-state index in [9.17, 15) is 4.79 Å². The topological polar surface area (TPSA) is 42.0 Å². The fourth-order valence-electron chi connectivity index (χ4n) is 3.71. The Labute approximate surface area is 150 Å². The van der Waals surface area contributed by atoms with Gasteiger partial charge in [-0.2, -0.15) is 0 Å². The maximum absolute atomic E-state index is 12.0. The average molecular weight is 346 g/mol. The average Bonchev–Trinajstić information content (AvgIpc) is 3.18. The van der Waals surface area contributed by atoms with Crippen molar-refractivity contribution < 1.29 is 14.3 Å². The molecule has 0 bridgehead atoms. The Balaban J connectivity index is 1.49.